The first kappa shape index (κ1) is 21.4. The molecule has 0 spiro atoms. The standard InChI is InChI=1S/C24H20Cl2N2O3/c25-17-7-10-20(21(26)13-17)24(30)28-18-8-5-16(6-9-18)23(29)27-14-22-19-4-2-1-3-15(19)11-12-31-22/h1-10,13,22H,11-12,14H2,(H,27,29)(H,28,30). The quantitative estimate of drug-likeness (QED) is 0.550. The molecule has 0 bridgehead atoms. The van der Waals surface area contributed by atoms with Crippen molar-refractivity contribution in [2.75, 3.05) is 18.5 Å². The summed E-state index contributed by atoms with van der Waals surface area (Å²) in [7, 11) is 0. The van der Waals surface area contributed by atoms with Gasteiger partial charge in [0, 0.05) is 22.8 Å². The minimum absolute atomic E-state index is 0.156. The lowest BCUT2D eigenvalue weighted by Gasteiger charge is -2.26. The fourth-order valence-electron chi connectivity index (χ4n) is 3.51. The van der Waals surface area contributed by atoms with Gasteiger partial charge in [0.15, 0.2) is 0 Å². The molecule has 1 aliphatic heterocycles. The molecule has 1 aliphatic rings. The zero-order valence-corrected chi connectivity index (χ0v) is 18.0. The van der Waals surface area contributed by atoms with E-state index < -0.39 is 0 Å². The van der Waals surface area contributed by atoms with Crippen LogP contribution >= 0.6 is 23.2 Å². The highest BCUT2D eigenvalue weighted by atomic mass is 35.5. The van der Waals surface area contributed by atoms with Gasteiger partial charge >= 0.3 is 0 Å². The van der Waals surface area contributed by atoms with Crippen LogP contribution in [0.3, 0.4) is 0 Å². The SMILES string of the molecule is O=C(NCC1OCCc2ccccc21)c1ccc(NC(=O)c2ccc(Cl)cc2Cl)cc1. The van der Waals surface area contributed by atoms with E-state index >= 15 is 0 Å². The fraction of sp³-hybridized carbons (Fsp3) is 0.167. The molecule has 31 heavy (non-hydrogen) atoms. The van der Waals surface area contributed by atoms with Crippen LogP contribution in [0.5, 0.6) is 0 Å². The predicted octanol–water partition coefficient (Wildman–Crippen LogP) is 5.29. The Morgan fingerprint density at radius 3 is 2.52 bits per heavy atom. The molecule has 0 aromatic heterocycles. The van der Waals surface area contributed by atoms with Crippen LogP contribution in [0.25, 0.3) is 0 Å². The molecule has 1 atom stereocenters. The molecule has 1 unspecified atom stereocenters. The Morgan fingerprint density at radius 1 is 0.968 bits per heavy atom. The monoisotopic (exact) mass is 454 g/mol. The van der Waals surface area contributed by atoms with Crippen LogP contribution in [0.2, 0.25) is 10.0 Å². The van der Waals surface area contributed by atoms with Gasteiger partial charge in [-0.25, -0.2) is 0 Å². The number of rotatable bonds is 5. The van der Waals surface area contributed by atoms with Gasteiger partial charge in [-0.1, -0.05) is 47.5 Å². The van der Waals surface area contributed by atoms with Gasteiger partial charge in [0.05, 0.1) is 17.2 Å². The Kier molecular flexibility index (Phi) is 6.56. The van der Waals surface area contributed by atoms with Gasteiger partial charge in [0.25, 0.3) is 11.8 Å². The van der Waals surface area contributed by atoms with Crippen LogP contribution in [0.15, 0.2) is 66.7 Å². The molecule has 3 aromatic carbocycles. The predicted molar refractivity (Wildman–Crippen MR) is 122 cm³/mol. The van der Waals surface area contributed by atoms with Crippen molar-refractivity contribution in [1.29, 1.82) is 0 Å². The number of benzene rings is 3. The molecule has 2 N–H and O–H groups in total. The van der Waals surface area contributed by atoms with Gasteiger partial charge in [0.1, 0.15) is 6.10 Å². The number of hydrogen-bond acceptors (Lipinski definition) is 3. The molecular formula is C24H20Cl2N2O3. The first-order chi connectivity index (χ1) is 15.0. The van der Waals surface area contributed by atoms with Crippen molar-refractivity contribution in [2.24, 2.45) is 0 Å². The molecule has 0 radical (unpaired) electrons. The van der Waals surface area contributed by atoms with Crippen LogP contribution in [0, 0.1) is 0 Å². The van der Waals surface area contributed by atoms with Gasteiger partial charge in [-0.2, -0.15) is 0 Å². The second-order valence-electron chi connectivity index (χ2n) is 7.17. The number of fused-ring (bicyclic) bond motifs is 1. The number of ether oxygens (including phenoxy) is 1. The number of anilines is 1. The zero-order chi connectivity index (χ0) is 21.8. The summed E-state index contributed by atoms with van der Waals surface area (Å²) in [6.07, 6.45) is 0.728. The van der Waals surface area contributed by atoms with Crippen molar-refractivity contribution in [3.8, 4) is 0 Å². The topological polar surface area (TPSA) is 67.4 Å². The molecule has 0 saturated carbocycles. The number of nitrogens with one attached hydrogen (secondary N) is 2. The molecule has 158 valence electrons. The lowest BCUT2D eigenvalue weighted by atomic mass is 9.97. The Bertz CT molecular complexity index is 1120. The number of carbonyl (C=O) groups excluding carboxylic acids is 2. The third-order valence-electron chi connectivity index (χ3n) is 5.12. The number of amides is 2. The summed E-state index contributed by atoms with van der Waals surface area (Å²) < 4.78 is 5.83. The summed E-state index contributed by atoms with van der Waals surface area (Å²) in [6, 6.07) is 19.5. The second-order valence-corrected chi connectivity index (χ2v) is 8.02. The average molecular weight is 455 g/mol. The van der Waals surface area contributed by atoms with E-state index in [0.29, 0.717) is 35.0 Å². The van der Waals surface area contributed by atoms with Crippen molar-refractivity contribution >= 4 is 40.7 Å². The highest BCUT2D eigenvalue weighted by molar-refractivity contribution is 6.37. The van der Waals surface area contributed by atoms with Crippen LogP contribution in [0.1, 0.15) is 37.9 Å². The molecule has 0 saturated heterocycles. The summed E-state index contributed by atoms with van der Waals surface area (Å²) >= 11 is 11.9. The maximum atomic E-state index is 12.5. The lowest BCUT2D eigenvalue weighted by Crippen LogP contribution is -2.31. The molecule has 4 rings (SSSR count). The summed E-state index contributed by atoms with van der Waals surface area (Å²) in [5.74, 6) is -0.558. The summed E-state index contributed by atoms with van der Waals surface area (Å²) in [4.78, 5) is 25.0. The van der Waals surface area contributed by atoms with Crippen molar-refractivity contribution < 1.29 is 14.3 Å². The normalized spacial score (nSPS) is 15.1. The van der Waals surface area contributed by atoms with E-state index in [4.69, 9.17) is 27.9 Å². The van der Waals surface area contributed by atoms with E-state index in [1.807, 2.05) is 18.2 Å². The van der Waals surface area contributed by atoms with Crippen molar-refractivity contribution in [3.63, 3.8) is 0 Å². The molecule has 0 aliphatic carbocycles. The molecular weight excluding hydrogens is 435 g/mol. The second kappa shape index (κ2) is 9.52. The molecule has 3 aromatic rings. The van der Waals surface area contributed by atoms with Crippen molar-refractivity contribution in [2.45, 2.75) is 12.5 Å². The Hall–Kier alpha value is -2.86. The molecule has 5 nitrogen and oxygen atoms in total. The Morgan fingerprint density at radius 2 is 1.74 bits per heavy atom. The minimum Gasteiger partial charge on any atom is -0.371 e. The van der Waals surface area contributed by atoms with Crippen LogP contribution < -0.4 is 10.6 Å². The lowest BCUT2D eigenvalue weighted by molar-refractivity contribution is 0.0411. The third-order valence-corrected chi connectivity index (χ3v) is 5.67. The highest BCUT2D eigenvalue weighted by Crippen LogP contribution is 2.26. The van der Waals surface area contributed by atoms with Gasteiger partial charge in [-0.3, -0.25) is 9.59 Å². The van der Waals surface area contributed by atoms with E-state index in [2.05, 4.69) is 16.7 Å². The summed E-state index contributed by atoms with van der Waals surface area (Å²) in [5.41, 5.74) is 3.74. The zero-order valence-electron chi connectivity index (χ0n) is 16.5. The first-order valence-electron chi connectivity index (χ1n) is 9.85. The van der Waals surface area contributed by atoms with Crippen molar-refractivity contribution in [1.82, 2.24) is 5.32 Å². The largest absolute Gasteiger partial charge is 0.371 e. The minimum atomic E-state index is -0.355. The Labute approximate surface area is 190 Å². The first-order valence-corrected chi connectivity index (χ1v) is 10.6. The van der Waals surface area contributed by atoms with Gasteiger partial charge in [-0.15, -0.1) is 0 Å². The molecule has 2 amide bonds. The van der Waals surface area contributed by atoms with E-state index in [9.17, 15) is 9.59 Å². The van der Waals surface area contributed by atoms with E-state index in [1.54, 1.807) is 36.4 Å². The molecule has 7 heteroatoms. The Balaban J connectivity index is 1.36. The van der Waals surface area contributed by atoms with Crippen molar-refractivity contribution in [3.05, 3.63) is 99.0 Å². The summed E-state index contributed by atoms with van der Waals surface area (Å²) in [6.45, 7) is 1.03. The summed E-state index contributed by atoms with van der Waals surface area (Å²) in [5, 5.41) is 6.42. The number of hydrogen-bond donors (Lipinski definition) is 2. The number of halogens is 2. The van der Waals surface area contributed by atoms with E-state index in [1.165, 1.54) is 11.6 Å². The maximum absolute atomic E-state index is 12.5. The smallest absolute Gasteiger partial charge is 0.257 e. The van der Waals surface area contributed by atoms with Gasteiger partial charge in [0.2, 0.25) is 0 Å². The van der Waals surface area contributed by atoms with Gasteiger partial charge in [-0.05, 0) is 60.0 Å². The fourth-order valence-corrected chi connectivity index (χ4v) is 4.00. The van der Waals surface area contributed by atoms with Crippen LogP contribution in [0.4, 0.5) is 5.69 Å². The highest BCUT2D eigenvalue weighted by Gasteiger charge is 2.21. The third kappa shape index (κ3) is 5.07. The van der Waals surface area contributed by atoms with E-state index in [-0.39, 0.29) is 22.9 Å². The molecule has 1 heterocycles. The number of carbonyl (C=O) groups is 2. The van der Waals surface area contributed by atoms with Crippen LogP contribution in [-0.4, -0.2) is 25.0 Å². The maximum Gasteiger partial charge on any atom is 0.257 e. The molecule has 0 fully saturated rings. The van der Waals surface area contributed by atoms with Crippen LogP contribution in [-0.2, 0) is 11.2 Å². The van der Waals surface area contributed by atoms with E-state index in [0.717, 1.165) is 12.0 Å². The average Bonchev–Trinajstić information content (AvgIpc) is 2.78. The van der Waals surface area contributed by atoms with Gasteiger partial charge < -0.3 is 15.4 Å².